The number of hydrogen-bond donors (Lipinski definition) is 1. The molecule has 1 aliphatic rings. The predicted octanol–water partition coefficient (Wildman–Crippen LogP) is 2.12. The van der Waals surface area contributed by atoms with Crippen LogP contribution in [0, 0.1) is 0 Å². The standard InChI is InChI=1S/C13H17NO2/c1-14-8-3-2-7-12(13(14)16)10-5-4-6-11(15)9-10/h4-6,9,12,15H,2-3,7-8H2,1H3/t12-/m1/s1. The fourth-order valence-corrected chi connectivity index (χ4v) is 2.25. The van der Waals surface area contributed by atoms with Gasteiger partial charge in [-0.2, -0.15) is 0 Å². The SMILES string of the molecule is CN1CCCC[C@H](c2cccc(O)c2)C1=O. The van der Waals surface area contributed by atoms with Crippen molar-refractivity contribution in [3.8, 4) is 5.75 Å². The summed E-state index contributed by atoms with van der Waals surface area (Å²) in [6, 6.07) is 7.04. The van der Waals surface area contributed by atoms with E-state index >= 15 is 0 Å². The van der Waals surface area contributed by atoms with Crippen molar-refractivity contribution < 1.29 is 9.90 Å². The summed E-state index contributed by atoms with van der Waals surface area (Å²) in [6.07, 6.45) is 3.01. The lowest BCUT2D eigenvalue weighted by atomic mass is 9.93. The second kappa shape index (κ2) is 4.56. The van der Waals surface area contributed by atoms with Crippen LogP contribution < -0.4 is 0 Å². The van der Waals surface area contributed by atoms with Crippen LogP contribution in [-0.4, -0.2) is 29.5 Å². The molecule has 1 aliphatic heterocycles. The van der Waals surface area contributed by atoms with Crippen molar-refractivity contribution in [3.05, 3.63) is 29.8 Å². The van der Waals surface area contributed by atoms with Crippen molar-refractivity contribution in [2.24, 2.45) is 0 Å². The molecule has 0 aliphatic carbocycles. The number of aromatic hydroxyl groups is 1. The Kier molecular flexibility index (Phi) is 3.13. The number of likely N-dealkylation sites (tertiary alicyclic amines) is 1. The molecule has 16 heavy (non-hydrogen) atoms. The molecule has 0 bridgehead atoms. The van der Waals surface area contributed by atoms with Gasteiger partial charge in [-0.25, -0.2) is 0 Å². The maximum Gasteiger partial charge on any atom is 0.229 e. The maximum atomic E-state index is 12.1. The fraction of sp³-hybridized carbons (Fsp3) is 0.462. The lowest BCUT2D eigenvalue weighted by molar-refractivity contribution is -0.130. The predicted molar refractivity (Wildman–Crippen MR) is 62.3 cm³/mol. The number of rotatable bonds is 1. The zero-order valence-corrected chi connectivity index (χ0v) is 9.52. The Bertz CT molecular complexity index is 389. The van der Waals surface area contributed by atoms with Crippen molar-refractivity contribution in [1.29, 1.82) is 0 Å². The van der Waals surface area contributed by atoms with Crippen LogP contribution in [0.4, 0.5) is 0 Å². The lowest BCUT2D eigenvalue weighted by Crippen LogP contribution is -2.30. The summed E-state index contributed by atoms with van der Waals surface area (Å²) in [7, 11) is 1.85. The van der Waals surface area contributed by atoms with Crippen LogP contribution in [0.15, 0.2) is 24.3 Å². The van der Waals surface area contributed by atoms with Gasteiger partial charge in [0.05, 0.1) is 5.92 Å². The first-order chi connectivity index (χ1) is 7.68. The molecule has 1 atom stereocenters. The smallest absolute Gasteiger partial charge is 0.229 e. The zero-order valence-electron chi connectivity index (χ0n) is 9.52. The van der Waals surface area contributed by atoms with E-state index in [0.717, 1.165) is 31.4 Å². The largest absolute Gasteiger partial charge is 0.508 e. The van der Waals surface area contributed by atoms with Crippen molar-refractivity contribution in [2.75, 3.05) is 13.6 Å². The Morgan fingerprint density at radius 2 is 2.19 bits per heavy atom. The third-order valence-corrected chi connectivity index (χ3v) is 3.18. The first-order valence-corrected chi connectivity index (χ1v) is 5.72. The Labute approximate surface area is 95.7 Å². The number of amides is 1. The highest BCUT2D eigenvalue weighted by atomic mass is 16.3. The Morgan fingerprint density at radius 3 is 2.94 bits per heavy atom. The van der Waals surface area contributed by atoms with Gasteiger partial charge in [0, 0.05) is 13.6 Å². The molecule has 1 N–H and O–H groups in total. The Morgan fingerprint density at radius 1 is 1.38 bits per heavy atom. The van der Waals surface area contributed by atoms with Gasteiger partial charge in [0.1, 0.15) is 5.75 Å². The van der Waals surface area contributed by atoms with Gasteiger partial charge >= 0.3 is 0 Å². The van der Waals surface area contributed by atoms with Gasteiger partial charge in [0.2, 0.25) is 5.91 Å². The summed E-state index contributed by atoms with van der Waals surface area (Å²) in [5, 5.41) is 9.44. The second-order valence-corrected chi connectivity index (χ2v) is 4.40. The molecule has 3 heteroatoms. The van der Waals surface area contributed by atoms with Gasteiger partial charge in [-0.15, -0.1) is 0 Å². The molecule has 0 unspecified atom stereocenters. The van der Waals surface area contributed by atoms with Gasteiger partial charge in [0.15, 0.2) is 0 Å². The van der Waals surface area contributed by atoms with E-state index in [0.29, 0.717) is 0 Å². The average molecular weight is 219 g/mol. The second-order valence-electron chi connectivity index (χ2n) is 4.40. The summed E-state index contributed by atoms with van der Waals surface area (Å²) in [5.41, 5.74) is 0.929. The number of benzene rings is 1. The number of likely N-dealkylation sites (N-methyl/N-ethyl adjacent to an activating group) is 1. The number of nitrogens with zero attached hydrogens (tertiary/aromatic N) is 1. The van der Waals surface area contributed by atoms with Crippen molar-refractivity contribution in [1.82, 2.24) is 4.90 Å². The van der Waals surface area contributed by atoms with Crippen LogP contribution >= 0.6 is 0 Å². The summed E-state index contributed by atoms with van der Waals surface area (Å²) in [4.78, 5) is 13.9. The highest BCUT2D eigenvalue weighted by molar-refractivity contribution is 5.83. The van der Waals surface area contributed by atoms with E-state index in [1.54, 1.807) is 23.1 Å². The first-order valence-electron chi connectivity index (χ1n) is 5.72. The quantitative estimate of drug-likeness (QED) is 0.786. The molecule has 1 saturated heterocycles. The molecule has 3 nitrogen and oxygen atoms in total. The number of carbonyl (C=O) groups excluding carboxylic acids is 1. The van der Waals surface area contributed by atoms with E-state index in [4.69, 9.17) is 0 Å². The molecule has 2 rings (SSSR count). The molecule has 0 saturated carbocycles. The van der Waals surface area contributed by atoms with Gasteiger partial charge in [0.25, 0.3) is 0 Å². The highest BCUT2D eigenvalue weighted by Gasteiger charge is 2.26. The van der Waals surface area contributed by atoms with E-state index in [2.05, 4.69) is 0 Å². The van der Waals surface area contributed by atoms with Crippen molar-refractivity contribution in [3.63, 3.8) is 0 Å². The van der Waals surface area contributed by atoms with E-state index in [1.165, 1.54) is 0 Å². The van der Waals surface area contributed by atoms with Gasteiger partial charge < -0.3 is 10.0 Å². The lowest BCUT2D eigenvalue weighted by Gasteiger charge is -2.20. The first kappa shape index (κ1) is 11.0. The van der Waals surface area contributed by atoms with Crippen molar-refractivity contribution >= 4 is 5.91 Å². The van der Waals surface area contributed by atoms with Crippen LogP contribution in [0.5, 0.6) is 5.75 Å². The van der Waals surface area contributed by atoms with E-state index < -0.39 is 0 Å². The molecule has 1 heterocycles. The molecule has 0 aromatic heterocycles. The van der Waals surface area contributed by atoms with Gasteiger partial charge in [-0.05, 0) is 30.5 Å². The van der Waals surface area contributed by atoms with E-state index in [-0.39, 0.29) is 17.6 Å². The number of hydrogen-bond acceptors (Lipinski definition) is 2. The molecular weight excluding hydrogens is 202 g/mol. The molecule has 0 spiro atoms. The zero-order chi connectivity index (χ0) is 11.5. The number of phenols is 1. The summed E-state index contributed by atoms with van der Waals surface area (Å²) < 4.78 is 0. The maximum absolute atomic E-state index is 12.1. The normalized spacial score (nSPS) is 21.9. The highest BCUT2D eigenvalue weighted by Crippen LogP contribution is 2.28. The van der Waals surface area contributed by atoms with E-state index in [9.17, 15) is 9.90 Å². The minimum atomic E-state index is -0.0837. The molecule has 86 valence electrons. The topological polar surface area (TPSA) is 40.5 Å². The number of carbonyl (C=O) groups is 1. The van der Waals surface area contributed by atoms with Crippen LogP contribution in [0.2, 0.25) is 0 Å². The van der Waals surface area contributed by atoms with Crippen LogP contribution in [0.25, 0.3) is 0 Å². The third kappa shape index (κ3) is 2.18. The van der Waals surface area contributed by atoms with Crippen LogP contribution in [0.1, 0.15) is 30.7 Å². The van der Waals surface area contributed by atoms with E-state index in [1.807, 2.05) is 13.1 Å². The summed E-state index contributed by atoms with van der Waals surface area (Å²) in [5.74, 6) is 0.319. The average Bonchev–Trinajstić information content (AvgIpc) is 2.42. The van der Waals surface area contributed by atoms with Crippen molar-refractivity contribution in [2.45, 2.75) is 25.2 Å². The van der Waals surface area contributed by atoms with Crippen LogP contribution in [-0.2, 0) is 4.79 Å². The van der Waals surface area contributed by atoms with Gasteiger partial charge in [-0.1, -0.05) is 18.6 Å². The molecule has 1 aromatic carbocycles. The fourth-order valence-electron chi connectivity index (χ4n) is 2.25. The third-order valence-electron chi connectivity index (χ3n) is 3.18. The molecule has 1 amide bonds. The molecular formula is C13H17NO2. The number of phenolic OH excluding ortho intramolecular Hbond substituents is 1. The minimum Gasteiger partial charge on any atom is -0.508 e. The summed E-state index contributed by atoms with van der Waals surface area (Å²) >= 11 is 0. The van der Waals surface area contributed by atoms with Gasteiger partial charge in [-0.3, -0.25) is 4.79 Å². The minimum absolute atomic E-state index is 0.0837. The Balaban J connectivity index is 2.27. The Hall–Kier alpha value is -1.51. The van der Waals surface area contributed by atoms with Crippen LogP contribution in [0.3, 0.4) is 0 Å². The molecule has 1 fully saturated rings. The molecule has 1 aromatic rings. The monoisotopic (exact) mass is 219 g/mol. The molecule has 0 radical (unpaired) electrons. The summed E-state index contributed by atoms with van der Waals surface area (Å²) in [6.45, 7) is 0.841.